The molecule has 0 saturated heterocycles. The Bertz CT molecular complexity index is 10700. The fraction of sp³-hybridized carbons (Fsp3) is 0. The van der Waals surface area contributed by atoms with Gasteiger partial charge in [-0.3, -0.25) is 0 Å². The molecular formula is C144H88O3. The third-order valence-corrected chi connectivity index (χ3v) is 30.7. The lowest BCUT2D eigenvalue weighted by atomic mass is 9.83. The SMILES string of the molecule is c1ccc(-c2cc(-c3c4ccccc4c(-c4ccc(-c5ccc6oc7ccc8ccccc8c7c6c5)cc4)c4ccccc34)c3ccccc3c2)cc1.c1ccc(-c2cc(-c3c4ccccc4c(-c4ccc5oc6ccc7ccccc7c6c5c4)c4ccccc34)c3ccccc3c2)cc1.c1ccc(-c2ccc3cc(-c4c5ccccc5c(-c5ccc6oc7ccc8ccccc8c7c6c5)c5ccccc45)ccc3c2)cc1. The molecule has 0 spiro atoms. The van der Waals surface area contributed by atoms with Crippen molar-refractivity contribution in [3.63, 3.8) is 0 Å². The first kappa shape index (κ1) is 84.5. The second-order valence-corrected chi connectivity index (χ2v) is 38.9. The van der Waals surface area contributed by atoms with E-state index in [0.29, 0.717) is 0 Å². The van der Waals surface area contributed by atoms with E-state index in [0.717, 1.165) is 49.7 Å². The molecule has 0 saturated carbocycles. The van der Waals surface area contributed by atoms with Crippen LogP contribution < -0.4 is 0 Å². The van der Waals surface area contributed by atoms with E-state index in [1.807, 2.05) is 0 Å². The average Bonchev–Trinajstić information content (AvgIpc) is 1.66. The van der Waals surface area contributed by atoms with Crippen LogP contribution in [0.2, 0.25) is 0 Å². The van der Waals surface area contributed by atoms with E-state index in [2.05, 4.69) is 534 Å². The van der Waals surface area contributed by atoms with Gasteiger partial charge in [-0.15, -0.1) is 0 Å². The lowest BCUT2D eigenvalue weighted by Crippen LogP contribution is -1.92. The van der Waals surface area contributed by atoms with Crippen LogP contribution in [0.5, 0.6) is 0 Å². The maximum atomic E-state index is 6.39. The Kier molecular flexibility index (Phi) is 20.0. The summed E-state index contributed by atoms with van der Waals surface area (Å²) in [5, 5.41) is 36.8. The van der Waals surface area contributed by atoms with Crippen molar-refractivity contribution in [1.29, 1.82) is 0 Å². The summed E-state index contributed by atoms with van der Waals surface area (Å²) in [6, 6.07) is 194. The van der Waals surface area contributed by atoms with E-state index in [4.69, 9.17) is 13.3 Å². The maximum absolute atomic E-state index is 6.39. The highest BCUT2D eigenvalue weighted by Gasteiger charge is 2.26. The summed E-state index contributed by atoms with van der Waals surface area (Å²) in [6.07, 6.45) is 0. The Morgan fingerprint density at radius 3 is 0.646 bits per heavy atom. The second kappa shape index (κ2) is 34.8. The summed E-state index contributed by atoms with van der Waals surface area (Å²) < 4.78 is 19.1. The molecule has 0 aliphatic heterocycles. The lowest BCUT2D eigenvalue weighted by Gasteiger charge is -2.20. The largest absolute Gasteiger partial charge is 0.456 e. The summed E-state index contributed by atoms with van der Waals surface area (Å²) in [6.45, 7) is 0. The lowest BCUT2D eigenvalue weighted by molar-refractivity contribution is 0.669. The molecule has 31 aromatic rings. The number of rotatable bonds is 10. The van der Waals surface area contributed by atoms with Crippen LogP contribution in [-0.2, 0) is 0 Å². The molecule has 3 nitrogen and oxygen atoms in total. The molecule has 31 rings (SSSR count). The zero-order chi connectivity index (χ0) is 96.7. The molecule has 147 heavy (non-hydrogen) atoms. The molecule has 0 unspecified atom stereocenters. The van der Waals surface area contributed by atoms with Gasteiger partial charge in [0.15, 0.2) is 0 Å². The van der Waals surface area contributed by atoms with Gasteiger partial charge in [0.25, 0.3) is 0 Å². The van der Waals surface area contributed by atoms with Gasteiger partial charge in [-0.25, -0.2) is 0 Å². The van der Waals surface area contributed by atoms with Crippen molar-refractivity contribution < 1.29 is 13.3 Å². The Morgan fingerprint density at radius 2 is 0.299 bits per heavy atom. The molecule has 0 fully saturated rings. The van der Waals surface area contributed by atoms with Crippen molar-refractivity contribution in [3.8, 4) is 111 Å². The summed E-state index contributed by atoms with van der Waals surface area (Å²) >= 11 is 0. The van der Waals surface area contributed by atoms with Crippen molar-refractivity contribution in [2.45, 2.75) is 0 Å². The molecule has 0 aliphatic carbocycles. The minimum atomic E-state index is 0.912. The highest BCUT2D eigenvalue weighted by molar-refractivity contribution is 6.30. The van der Waals surface area contributed by atoms with Gasteiger partial charge in [0.05, 0.1) is 0 Å². The first-order valence-electron chi connectivity index (χ1n) is 50.6. The van der Waals surface area contributed by atoms with E-state index >= 15 is 0 Å². The van der Waals surface area contributed by atoms with Gasteiger partial charge in [-0.1, -0.05) is 443 Å². The number of benzene rings is 28. The predicted molar refractivity (Wildman–Crippen MR) is 626 cm³/mol. The van der Waals surface area contributed by atoms with Crippen LogP contribution >= 0.6 is 0 Å². The fourth-order valence-electron chi connectivity index (χ4n) is 24.0. The monoisotopic (exact) mass is 1860 g/mol. The first-order chi connectivity index (χ1) is 72.9. The van der Waals surface area contributed by atoms with E-state index in [-0.39, 0.29) is 0 Å². The molecule has 3 heteroatoms. The van der Waals surface area contributed by atoms with Gasteiger partial charge in [-0.2, -0.15) is 0 Å². The molecule has 0 atom stereocenters. The van der Waals surface area contributed by atoms with Gasteiger partial charge >= 0.3 is 0 Å². The highest BCUT2D eigenvalue weighted by Crippen LogP contribution is 2.53. The van der Waals surface area contributed by atoms with Gasteiger partial charge in [0, 0.05) is 32.3 Å². The quantitative estimate of drug-likeness (QED) is 0.128. The van der Waals surface area contributed by atoms with Crippen molar-refractivity contribution in [2.75, 3.05) is 0 Å². The molecule has 3 aromatic heterocycles. The van der Waals surface area contributed by atoms with Crippen molar-refractivity contribution >= 4 is 195 Å². The molecular weight excluding hydrogens is 1780 g/mol. The molecule has 0 N–H and O–H groups in total. The zero-order valence-electron chi connectivity index (χ0n) is 80.0. The number of furan rings is 3. The molecule has 0 bridgehead atoms. The second-order valence-electron chi connectivity index (χ2n) is 38.9. The number of hydrogen-bond acceptors (Lipinski definition) is 3. The van der Waals surface area contributed by atoms with Crippen molar-refractivity contribution in [3.05, 3.63) is 534 Å². The molecule has 28 aromatic carbocycles. The Labute approximate surface area is 847 Å². The highest BCUT2D eigenvalue weighted by atomic mass is 16.3. The van der Waals surface area contributed by atoms with Crippen LogP contribution in [0.15, 0.2) is 547 Å². The van der Waals surface area contributed by atoms with E-state index in [1.54, 1.807) is 0 Å². The van der Waals surface area contributed by atoms with Crippen LogP contribution in [0.1, 0.15) is 0 Å². The van der Waals surface area contributed by atoms with Crippen molar-refractivity contribution in [2.24, 2.45) is 0 Å². The fourth-order valence-corrected chi connectivity index (χ4v) is 24.0. The van der Waals surface area contributed by atoms with E-state index < -0.39 is 0 Å². The number of hydrogen-bond donors (Lipinski definition) is 0. The maximum Gasteiger partial charge on any atom is 0.136 e. The Morgan fingerprint density at radius 1 is 0.0952 bits per heavy atom. The van der Waals surface area contributed by atoms with Gasteiger partial charge in [0.2, 0.25) is 0 Å². The van der Waals surface area contributed by atoms with Crippen LogP contribution in [0.3, 0.4) is 0 Å². The predicted octanol–water partition coefficient (Wildman–Crippen LogP) is 41.3. The zero-order valence-corrected chi connectivity index (χ0v) is 80.0. The Hall–Kier alpha value is -19.3. The average molecular weight is 1870 g/mol. The van der Waals surface area contributed by atoms with Crippen LogP contribution in [0.25, 0.3) is 306 Å². The van der Waals surface area contributed by atoms with Crippen LogP contribution in [0.4, 0.5) is 0 Å². The first-order valence-corrected chi connectivity index (χ1v) is 50.6. The standard InChI is InChI=1S/C52H32O.2C46H28O/c1-2-12-33(13-3-1)39-30-38-15-5-6-16-40(38)46(32-39)51-44-20-10-8-18-42(44)50(43-19-9-11-21-45(43)51)36-24-22-34(23-25-36)37-27-28-48-47(31-37)52-41-17-7-4-14-35(41)26-29-49(52)53-48;1-2-12-29(13-3-1)33-26-31-15-5-6-16-34(31)40(28-33)45-38-20-10-8-18-36(38)44(37-19-9-11-21-39(37)45)32-23-24-42-41(27-32)46-35-17-7-4-14-30(35)22-25-43(46)47-42;1-2-10-29(11-3-1)31-18-19-33-27-34(21-20-32(33)26-31)44-37-14-6-8-16-39(37)45(40-17-9-7-15-38(40)44)35-23-24-42-41(28-35)46-36-13-5-4-12-30(36)22-25-43(46)47-42/h1-32H;2*1-28H. The van der Waals surface area contributed by atoms with E-state index in [9.17, 15) is 0 Å². The minimum absolute atomic E-state index is 0.912. The summed E-state index contributed by atoms with van der Waals surface area (Å²) in [4.78, 5) is 0. The van der Waals surface area contributed by atoms with Gasteiger partial charge < -0.3 is 13.3 Å². The molecule has 0 amide bonds. The molecule has 3 heterocycles. The summed E-state index contributed by atoms with van der Waals surface area (Å²) in [5.41, 5.74) is 30.1. The molecule has 682 valence electrons. The Balaban J connectivity index is 0.000000104. The van der Waals surface area contributed by atoms with Gasteiger partial charge in [0.1, 0.15) is 33.5 Å². The topological polar surface area (TPSA) is 39.4 Å². The summed E-state index contributed by atoms with van der Waals surface area (Å²) in [5.74, 6) is 0. The summed E-state index contributed by atoms with van der Waals surface area (Å²) in [7, 11) is 0. The van der Waals surface area contributed by atoms with Crippen LogP contribution in [-0.4, -0.2) is 0 Å². The molecule has 0 aliphatic rings. The third-order valence-electron chi connectivity index (χ3n) is 30.7. The molecule has 0 radical (unpaired) electrons. The normalized spacial score (nSPS) is 11.8. The third kappa shape index (κ3) is 14.3. The van der Waals surface area contributed by atoms with Crippen molar-refractivity contribution in [1.82, 2.24) is 0 Å². The minimum Gasteiger partial charge on any atom is -0.456 e. The van der Waals surface area contributed by atoms with E-state index in [1.165, 1.54) is 257 Å². The number of fused-ring (bicyclic) bond motifs is 24. The van der Waals surface area contributed by atoms with Crippen LogP contribution in [0, 0.1) is 0 Å². The smallest absolute Gasteiger partial charge is 0.136 e. The van der Waals surface area contributed by atoms with Gasteiger partial charge in [-0.05, 0) is 332 Å².